The molecule has 4 heteroatoms. The molecule has 4 nitrogen and oxygen atoms in total. The third-order valence-electron chi connectivity index (χ3n) is 6.32. The van der Waals surface area contributed by atoms with Gasteiger partial charge in [0.05, 0.1) is 11.8 Å². The molecule has 0 radical (unpaired) electrons. The molecule has 35 heavy (non-hydrogen) atoms. The molecule has 0 N–H and O–H groups in total. The lowest BCUT2D eigenvalue weighted by Crippen LogP contribution is -2.25. The van der Waals surface area contributed by atoms with Gasteiger partial charge in [-0.05, 0) is 66.2 Å². The highest BCUT2D eigenvalue weighted by Crippen LogP contribution is 2.23. The molecule has 0 fully saturated rings. The van der Waals surface area contributed by atoms with E-state index in [1.807, 2.05) is 38.1 Å². The second-order valence-corrected chi connectivity index (χ2v) is 10.5. The minimum atomic E-state index is -0.317. The van der Waals surface area contributed by atoms with Crippen LogP contribution < -0.4 is 0 Å². The van der Waals surface area contributed by atoms with Crippen LogP contribution in [0.5, 0.6) is 0 Å². The van der Waals surface area contributed by atoms with Gasteiger partial charge in [-0.2, -0.15) is 0 Å². The number of hydrogen-bond acceptors (Lipinski definition) is 4. The largest absolute Gasteiger partial charge is 0.461 e. The molecular formula is C31H44O4. The summed E-state index contributed by atoms with van der Waals surface area (Å²) >= 11 is 0. The van der Waals surface area contributed by atoms with Crippen LogP contribution in [0.3, 0.4) is 0 Å². The summed E-state index contributed by atoms with van der Waals surface area (Å²) in [5.41, 5.74) is 4.53. The van der Waals surface area contributed by atoms with Crippen molar-refractivity contribution >= 4 is 11.9 Å². The molecule has 0 aliphatic rings. The van der Waals surface area contributed by atoms with E-state index in [4.69, 9.17) is 9.47 Å². The van der Waals surface area contributed by atoms with E-state index < -0.39 is 0 Å². The standard InChI is InChI=1S/C31H44O4/c1-7-28(30(32)34-20-26-13-9-24(10-14-26)17-22(3)4)19-29(8-2)31(33)35-21-27-15-11-25(12-16-27)18-23(5)6/h9-16,22-23,28-29H,7-8,17-21H2,1-6H3. The van der Waals surface area contributed by atoms with E-state index in [2.05, 4.69) is 52.0 Å². The van der Waals surface area contributed by atoms with Crippen molar-refractivity contribution in [3.05, 3.63) is 70.8 Å². The van der Waals surface area contributed by atoms with Crippen molar-refractivity contribution in [3.8, 4) is 0 Å². The van der Waals surface area contributed by atoms with E-state index in [0.29, 0.717) is 31.1 Å². The van der Waals surface area contributed by atoms with Gasteiger partial charge in [0.1, 0.15) is 13.2 Å². The van der Waals surface area contributed by atoms with E-state index in [-0.39, 0.29) is 37.0 Å². The van der Waals surface area contributed by atoms with Crippen LogP contribution in [0.25, 0.3) is 0 Å². The van der Waals surface area contributed by atoms with Crippen LogP contribution in [0, 0.1) is 23.7 Å². The zero-order chi connectivity index (χ0) is 25.8. The Bertz CT molecular complexity index is 821. The van der Waals surface area contributed by atoms with Crippen LogP contribution in [0.1, 0.15) is 83.1 Å². The average molecular weight is 481 g/mol. The summed E-state index contributed by atoms with van der Waals surface area (Å²) in [6.45, 7) is 13.2. The first-order chi connectivity index (χ1) is 16.7. The second kappa shape index (κ2) is 14.7. The first kappa shape index (κ1) is 28.6. The molecule has 0 aromatic heterocycles. The lowest BCUT2D eigenvalue weighted by molar-refractivity contribution is -0.154. The molecule has 2 unspecified atom stereocenters. The SMILES string of the molecule is CCC(CC(CC)C(=O)OCc1ccc(CC(C)C)cc1)C(=O)OCc1ccc(CC(C)C)cc1. The van der Waals surface area contributed by atoms with Crippen LogP contribution >= 0.6 is 0 Å². The second-order valence-electron chi connectivity index (χ2n) is 10.5. The van der Waals surface area contributed by atoms with Crippen LogP contribution in [0.4, 0.5) is 0 Å². The highest BCUT2D eigenvalue weighted by Gasteiger charge is 2.27. The fourth-order valence-corrected chi connectivity index (χ4v) is 4.23. The topological polar surface area (TPSA) is 52.6 Å². The van der Waals surface area contributed by atoms with Gasteiger partial charge < -0.3 is 9.47 Å². The summed E-state index contributed by atoms with van der Waals surface area (Å²) in [5, 5.41) is 0. The molecule has 0 aliphatic carbocycles. The molecule has 2 aromatic rings. The van der Waals surface area contributed by atoms with Gasteiger partial charge in [-0.25, -0.2) is 0 Å². The highest BCUT2D eigenvalue weighted by molar-refractivity contribution is 5.76. The van der Waals surface area contributed by atoms with Crippen LogP contribution in [-0.2, 0) is 45.1 Å². The summed E-state index contributed by atoms with van der Waals surface area (Å²) < 4.78 is 11.2. The molecule has 0 amide bonds. The van der Waals surface area contributed by atoms with Crippen molar-refractivity contribution in [2.24, 2.45) is 23.7 Å². The molecule has 0 saturated carbocycles. The molecule has 0 spiro atoms. The molecule has 2 aromatic carbocycles. The first-order valence-corrected chi connectivity index (χ1v) is 13.2. The summed E-state index contributed by atoms with van der Waals surface area (Å²) in [6.07, 6.45) is 3.79. The molecular weight excluding hydrogens is 436 g/mol. The smallest absolute Gasteiger partial charge is 0.309 e. The van der Waals surface area contributed by atoms with Gasteiger partial charge >= 0.3 is 11.9 Å². The maximum atomic E-state index is 12.7. The van der Waals surface area contributed by atoms with E-state index in [9.17, 15) is 9.59 Å². The molecule has 0 saturated heterocycles. The molecule has 0 aliphatic heterocycles. The fourth-order valence-electron chi connectivity index (χ4n) is 4.23. The van der Waals surface area contributed by atoms with E-state index in [1.54, 1.807) is 0 Å². The number of benzene rings is 2. The lowest BCUT2D eigenvalue weighted by atomic mass is 9.91. The van der Waals surface area contributed by atoms with Gasteiger partial charge in [0.2, 0.25) is 0 Å². The Morgan fingerprint density at radius 2 is 0.914 bits per heavy atom. The van der Waals surface area contributed by atoms with E-state index >= 15 is 0 Å². The predicted octanol–water partition coefficient (Wildman–Crippen LogP) is 7.31. The number of rotatable bonds is 14. The van der Waals surface area contributed by atoms with Gasteiger partial charge in [0.15, 0.2) is 0 Å². The van der Waals surface area contributed by atoms with Gasteiger partial charge in [0.25, 0.3) is 0 Å². The normalized spacial score (nSPS) is 13.0. The lowest BCUT2D eigenvalue weighted by Gasteiger charge is -2.20. The zero-order valence-electron chi connectivity index (χ0n) is 22.5. The Labute approximate surface area is 212 Å². The Hall–Kier alpha value is -2.62. The van der Waals surface area contributed by atoms with Crippen LogP contribution in [0.2, 0.25) is 0 Å². The Morgan fingerprint density at radius 3 is 1.20 bits per heavy atom. The summed E-state index contributed by atoms with van der Waals surface area (Å²) in [5.74, 6) is 0.0949. The number of carbonyl (C=O) groups is 2. The summed E-state index contributed by atoms with van der Waals surface area (Å²) in [4.78, 5) is 25.5. The molecule has 2 rings (SSSR count). The van der Waals surface area contributed by atoms with Crippen molar-refractivity contribution in [2.45, 2.75) is 86.9 Å². The highest BCUT2D eigenvalue weighted by atomic mass is 16.5. The average Bonchev–Trinajstić information content (AvgIpc) is 2.83. The minimum absolute atomic E-state index is 0.245. The Balaban J connectivity index is 1.84. The van der Waals surface area contributed by atoms with Gasteiger partial charge in [0, 0.05) is 0 Å². The van der Waals surface area contributed by atoms with Crippen LogP contribution in [0.15, 0.2) is 48.5 Å². The summed E-state index contributed by atoms with van der Waals surface area (Å²) in [6, 6.07) is 16.5. The fraction of sp³-hybridized carbons (Fsp3) is 0.548. The van der Waals surface area contributed by atoms with Gasteiger partial charge in [-0.15, -0.1) is 0 Å². The van der Waals surface area contributed by atoms with Gasteiger partial charge in [-0.3, -0.25) is 9.59 Å². The summed E-state index contributed by atoms with van der Waals surface area (Å²) in [7, 11) is 0. The van der Waals surface area contributed by atoms with Crippen molar-refractivity contribution in [2.75, 3.05) is 0 Å². The first-order valence-electron chi connectivity index (χ1n) is 13.2. The maximum absolute atomic E-state index is 12.7. The van der Waals surface area contributed by atoms with Gasteiger partial charge in [-0.1, -0.05) is 90.1 Å². The molecule has 0 bridgehead atoms. The van der Waals surface area contributed by atoms with Crippen molar-refractivity contribution in [1.82, 2.24) is 0 Å². The molecule has 2 atom stereocenters. The van der Waals surface area contributed by atoms with Crippen molar-refractivity contribution in [1.29, 1.82) is 0 Å². The minimum Gasteiger partial charge on any atom is -0.461 e. The number of esters is 2. The predicted molar refractivity (Wildman–Crippen MR) is 142 cm³/mol. The number of ether oxygens (including phenoxy) is 2. The zero-order valence-corrected chi connectivity index (χ0v) is 22.5. The van der Waals surface area contributed by atoms with Crippen LogP contribution in [-0.4, -0.2) is 11.9 Å². The Kier molecular flexibility index (Phi) is 12.0. The molecule has 0 heterocycles. The Morgan fingerprint density at radius 1 is 0.600 bits per heavy atom. The third-order valence-corrected chi connectivity index (χ3v) is 6.32. The quantitative estimate of drug-likeness (QED) is 0.266. The monoisotopic (exact) mass is 480 g/mol. The number of hydrogen-bond donors (Lipinski definition) is 0. The maximum Gasteiger partial charge on any atom is 0.309 e. The number of carbonyl (C=O) groups excluding carboxylic acids is 2. The van der Waals surface area contributed by atoms with E-state index in [0.717, 1.165) is 24.0 Å². The van der Waals surface area contributed by atoms with Crippen molar-refractivity contribution < 1.29 is 19.1 Å². The third kappa shape index (κ3) is 10.3. The van der Waals surface area contributed by atoms with Crippen molar-refractivity contribution in [3.63, 3.8) is 0 Å². The molecule has 192 valence electrons. The van der Waals surface area contributed by atoms with E-state index in [1.165, 1.54) is 11.1 Å².